The number of methoxy groups -OCH3 is 1. The second-order valence-corrected chi connectivity index (χ2v) is 6.29. The maximum atomic E-state index is 12.9. The molecule has 0 spiro atoms. The molecule has 0 radical (unpaired) electrons. The molecule has 1 N–H and O–H groups in total. The summed E-state index contributed by atoms with van der Waals surface area (Å²) in [4.78, 5) is 29.6. The van der Waals surface area contributed by atoms with E-state index in [2.05, 4.69) is 11.1 Å². The number of fused-ring (bicyclic) bond motifs is 1. The lowest BCUT2D eigenvalue weighted by atomic mass is 9.99. The van der Waals surface area contributed by atoms with Crippen molar-refractivity contribution in [3.63, 3.8) is 0 Å². The Labute approximate surface area is 141 Å². The fourth-order valence-corrected chi connectivity index (χ4v) is 3.48. The van der Waals surface area contributed by atoms with Crippen molar-refractivity contribution < 1.29 is 14.3 Å². The van der Waals surface area contributed by atoms with Crippen molar-refractivity contribution in [1.82, 2.24) is 9.88 Å². The Kier molecular flexibility index (Phi) is 4.18. The van der Waals surface area contributed by atoms with Gasteiger partial charge in [0, 0.05) is 24.3 Å². The third-order valence-electron chi connectivity index (χ3n) is 4.72. The van der Waals surface area contributed by atoms with Gasteiger partial charge in [0.05, 0.1) is 7.11 Å². The number of nitrogens with zero attached hydrogens (tertiary/aromatic N) is 1. The summed E-state index contributed by atoms with van der Waals surface area (Å²) >= 11 is 0. The van der Waals surface area contributed by atoms with E-state index in [0.29, 0.717) is 24.3 Å². The zero-order valence-corrected chi connectivity index (χ0v) is 14.5. The van der Waals surface area contributed by atoms with Crippen molar-refractivity contribution in [3.05, 3.63) is 51.8 Å². The van der Waals surface area contributed by atoms with Gasteiger partial charge in [-0.05, 0) is 56.0 Å². The van der Waals surface area contributed by atoms with Crippen LogP contribution in [0.25, 0.3) is 0 Å². The predicted octanol–water partition coefficient (Wildman–Crippen LogP) is 3.04. The average Bonchev–Trinajstić information content (AvgIpc) is 2.87. The van der Waals surface area contributed by atoms with Crippen LogP contribution in [0, 0.1) is 13.8 Å². The Morgan fingerprint density at radius 2 is 1.96 bits per heavy atom. The number of hydrogen-bond donors (Lipinski definition) is 1. The van der Waals surface area contributed by atoms with Gasteiger partial charge in [0.1, 0.15) is 11.4 Å². The summed E-state index contributed by atoms with van der Waals surface area (Å²) in [6.45, 7) is 6.41. The van der Waals surface area contributed by atoms with Crippen LogP contribution in [-0.2, 0) is 13.0 Å². The molecule has 126 valence electrons. The molecule has 0 saturated heterocycles. The number of ether oxygens (including phenoxy) is 1. The van der Waals surface area contributed by atoms with Crippen molar-refractivity contribution in [3.8, 4) is 5.75 Å². The number of hydrogen-bond acceptors (Lipinski definition) is 3. The number of aromatic nitrogens is 1. The SMILES string of the molecule is COc1ccc2c(c1)CN(C(=O)c1[nH]c(C)c(C(C)=O)c1C)CC2. The highest BCUT2D eigenvalue weighted by Gasteiger charge is 2.26. The molecule has 5 heteroatoms. The van der Waals surface area contributed by atoms with E-state index < -0.39 is 0 Å². The van der Waals surface area contributed by atoms with E-state index in [-0.39, 0.29) is 11.7 Å². The van der Waals surface area contributed by atoms with Crippen molar-refractivity contribution in [2.75, 3.05) is 13.7 Å². The number of Topliss-reactive ketones (excluding diaryl/α,β-unsaturated/α-hetero) is 1. The lowest BCUT2D eigenvalue weighted by molar-refractivity contribution is 0.0728. The first kappa shape index (κ1) is 16.3. The van der Waals surface area contributed by atoms with Crippen molar-refractivity contribution >= 4 is 11.7 Å². The summed E-state index contributed by atoms with van der Waals surface area (Å²) in [7, 11) is 1.64. The van der Waals surface area contributed by atoms with E-state index >= 15 is 0 Å². The topological polar surface area (TPSA) is 62.4 Å². The van der Waals surface area contributed by atoms with Crippen molar-refractivity contribution in [2.24, 2.45) is 0 Å². The molecule has 0 aliphatic carbocycles. The van der Waals surface area contributed by atoms with Gasteiger partial charge in [0.25, 0.3) is 5.91 Å². The van der Waals surface area contributed by atoms with E-state index in [1.807, 2.05) is 30.9 Å². The van der Waals surface area contributed by atoms with Crippen LogP contribution in [0.15, 0.2) is 18.2 Å². The highest BCUT2D eigenvalue weighted by atomic mass is 16.5. The minimum Gasteiger partial charge on any atom is -0.497 e. The predicted molar refractivity (Wildman–Crippen MR) is 91.7 cm³/mol. The minimum atomic E-state index is -0.0587. The molecule has 0 unspecified atom stereocenters. The molecule has 2 aromatic rings. The molecular formula is C19H22N2O3. The molecule has 0 atom stereocenters. The summed E-state index contributed by atoms with van der Waals surface area (Å²) in [5, 5.41) is 0. The van der Waals surface area contributed by atoms with E-state index in [0.717, 1.165) is 29.0 Å². The van der Waals surface area contributed by atoms with Crippen molar-refractivity contribution in [2.45, 2.75) is 33.7 Å². The molecule has 0 saturated carbocycles. The summed E-state index contributed by atoms with van der Waals surface area (Å²) in [5.41, 5.74) is 5.00. The van der Waals surface area contributed by atoms with Gasteiger partial charge in [-0.3, -0.25) is 9.59 Å². The van der Waals surface area contributed by atoms with E-state index in [9.17, 15) is 9.59 Å². The van der Waals surface area contributed by atoms with Gasteiger partial charge in [-0.1, -0.05) is 6.07 Å². The molecule has 1 amide bonds. The van der Waals surface area contributed by atoms with Gasteiger partial charge in [0.2, 0.25) is 0 Å². The van der Waals surface area contributed by atoms with Crippen LogP contribution < -0.4 is 4.74 Å². The lowest BCUT2D eigenvalue weighted by Gasteiger charge is -2.29. The first-order valence-corrected chi connectivity index (χ1v) is 8.07. The Hall–Kier alpha value is -2.56. The molecule has 0 bridgehead atoms. The number of nitrogens with one attached hydrogen (secondary N) is 1. The largest absolute Gasteiger partial charge is 0.497 e. The molecule has 1 aromatic heterocycles. The molecular weight excluding hydrogens is 304 g/mol. The van der Waals surface area contributed by atoms with Crippen LogP contribution in [0.2, 0.25) is 0 Å². The Morgan fingerprint density at radius 1 is 1.21 bits per heavy atom. The summed E-state index contributed by atoms with van der Waals surface area (Å²) in [5.74, 6) is 0.722. The number of aryl methyl sites for hydroxylation is 1. The van der Waals surface area contributed by atoms with Gasteiger partial charge < -0.3 is 14.6 Å². The third kappa shape index (κ3) is 2.70. The van der Waals surface area contributed by atoms with Gasteiger partial charge in [-0.2, -0.15) is 0 Å². The van der Waals surface area contributed by atoms with Gasteiger partial charge >= 0.3 is 0 Å². The van der Waals surface area contributed by atoms with Crippen LogP contribution in [0.4, 0.5) is 0 Å². The molecule has 2 heterocycles. The number of aromatic amines is 1. The second-order valence-electron chi connectivity index (χ2n) is 6.29. The molecule has 1 aliphatic rings. The minimum absolute atomic E-state index is 0.0194. The quantitative estimate of drug-likeness (QED) is 0.882. The molecule has 24 heavy (non-hydrogen) atoms. The molecule has 5 nitrogen and oxygen atoms in total. The number of carbonyl (C=O) groups excluding carboxylic acids is 2. The second kappa shape index (κ2) is 6.15. The Balaban J connectivity index is 1.89. The fraction of sp³-hybridized carbons (Fsp3) is 0.368. The monoisotopic (exact) mass is 326 g/mol. The van der Waals surface area contributed by atoms with Gasteiger partial charge in [-0.25, -0.2) is 0 Å². The fourth-order valence-electron chi connectivity index (χ4n) is 3.48. The highest BCUT2D eigenvalue weighted by Crippen LogP contribution is 2.26. The number of carbonyl (C=O) groups is 2. The normalized spacial score (nSPS) is 13.6. The summed E-state index contributed by atoms with van der Waals surface area (Å²) in [6.07, 6.45) is 0.823. The lowest BCUT2D eigenvalue weighted by Crippen LogP contribution is -2.36. The zero-order valence-electron chi connectivity index (χ0n) is 14.5. The van der Waals surface area contributed by atoms with Gasteiger partial charge in [-0.15, -0.1) is 0 Å². The molecule has 3 rings (SSSR count). The molecule has 1 aliphatic heterocycles. The zero-order chi connectivity index (χ0) is 17.4. The van der Waals surface area contributed by atoms with Crippen LogP contribution in [0.1, 0.15) is 50.2 Å². The van der Waals surface area contributed by atoms with Crippen LogP contribution in [0.5, 0.6) is 5.75 Å². The Bertz CT molecular complexity index is 820. The molecule has 0 fully saturated rings. The summed E-state index contributed by atoms with van der Waals surface area (Å²) < 4.78 is 5.28. The highest BCUT2D eigenvalue weighted by molar-refractivity contribution is 6.02. The summed E-state index contributed by atoms with van der Waals surface area (Å²) in [6, 6.07) is 6.00. The van der Waals surface area contributed by atoms with Crippen LogP contribution in [-0.4, -0.2) is 35.2 Å². The first-order chi connectivity index (χ1) is 11.4. The standard InChI is InChI=1S/C19H22N2O3/c1-11-17(13(3)22)12(2)20-18(11)19(23)21-8-7-14-5-6-16(24-4)9-15(14)10-21/h5-6,9,20H,7-8,10H2,1-4H3. The number of amides is 1. The first-order valence-electron chi connectivity index (χ1n) is 8.07. The van der Waals surface area contributed by atoms with Crippen molar-refractivity contribution in [1.29, 1.82) is 0 Å². The van der Waals surface area contributed by atoms with E-state index in [1.54, 1.807) is 7.11 Å². The van der Waals surface area contributed by atoms with Crippen LogP contribution >= 0.6 is 0 Å². The number of ketones is 1. The maximum absolute atomic E-state index is 12.9. The number of H-pyrrole nitrogens is 1. The smallest absolute Gasteiger partial charge is 0.270 e. The average molecular weight is 326 g/mol. The van der Waals surface area contributed by atoms with E-state index in [4.69, 9.17) is 4.74 Å². The van der Waals surface area contributed by atoms with Gasteiger partial charge in [0.15, 0.2) is 5.78 Å². The van der Waals surface area contributed by atoms with E-state index in [1.165, 1.54) is 12.5 Å². The Morgan fingerprint density at radius 3 is 2.58 bits per heavy atom. The maximum Gasteiger partial charge on any atom is 0.270 e. The number of benzene rings is 1. The number of rotatable bonds is 3. The molecule has 1 aromatic carbocycles. The van der Waals surface area contributed by atoms with Crippen LogP contribution in [0.3, 0.4) is 0 Å². The third-order valence-corrected chi connectivity index (χ3v) is 4.72.